The third-order valence-corrected chi connectivity index (χ3v) is 4.87. The summed E-state index contributed by atoms with van der Waals surface area (Å²) in [6.07, 6.45) is 1.31. The van der Waals surface area contributed by atoms with Crippen LogP contribution in [0.3, 0.4) is 0 Å². The zero-order valence-corrected chi connectivity index (χ0v) is 14.3. The van der Waals surface area contributed by atoms with Crippen molar-refractivity contribution in [2.24, 2.45) is 0 Å². The Hall–Kier alpha value is -1.93. The zero-order valence-electron chi connectivity index (χ0n) is 13.3. The van der Waals surface area contributed by atoms with Crippen LogP contribution < -0.4 is 0 Å². The molecule has 2 aromatic rings. The van der Waals surface area contributed by atoms with E-state index in [0.29, 0.717) is 17.6 Å². The Kier molecular flexibility index (Phi) is 4.82. The van der Waals surface area contributed by atoms with Crippen molar-refractivity contribution in [1.82, 2.24) is 14.8 Å². The second kappa shape index (κ2) is 6.45. The Morgan fingerprint density at radius 1 is 1.41 bits per heavy atom. The fraction of sp³-hybridized carbons (Fsp3) is 0.500. The summed E-state index contributed by atoms with van der Waals surface area (Å²) in [5.74, 6) is -0.602. The second-order valence-electron chi connectivity index (χ2n) is 6.25. The Balaban J connectivity index is 2.21. The van der Waals surface area contributed by atoms with Crippen LogP contribution >= 0.6 is 0 Å². The standard InChI is InChI=1S/C14H21N3O4Si/c1-20-14(19)12-11-7-10(18)8-15-13(11)17(16-12)9-21-5-6-22(2,3)4/h7-8,18H,5-6,9H2,1-4H3/q-1. The van der Waals surface area contributed by atoms with Crippen molar-refractivity contribution >= 4 is 25.1 Å². The molecule has 0 amide bonds. The topological polar surface area (TPSA) is 86.5 Å². The number of nitrogens with zero attached hydrogens (tertiary/aromatic N) is 3. The number of aromatic nitrogens is 3. The summed E-state index contributed by atoms with van der Waals surface area (Å²) in [4.78, 5) is 15.9. The average Bonchev–Trinajstić information content (AvgIpc) is 2.79. The Labute approximate surface area is 129 Å². The van der Waals surface area contributed by atoms with Gasteiger partial charge in [-0.2, -0.15) is 24.7 Å². The largest absolute Gasteiger partial charge is 0.506 e. The molecule has 1 N–H and O–H groups in total. The molecule has 2 rings (SSSR count). The predicted molar refractivity (Wildman–Crippen MR) is 84.6 cm³/mol. The highest BCUT2D eigenvalue weighted by Gasteiger charge is 2.19. The number of methoxy groups -OCH3 is 1. The van der Waals surface area contributed by atoms with Gasteiger partial charge in [-0.05, 0) is 6.07 Å². The molecule has 2 heterocycles. The summed E-state index contributed by atoms with van der Waals surface area (Å²) >= 11 is 0. The maximum absolute atomic E-state index is 11.8. The minimum atomic E-state index is -1.15. The van der Waals surface area contributed by atoms with Crippen molar-refractivity contribution in [2.45, 2.75) is 32.4 Å². The molecule has 7 nitrogen and oxygen atoms in total. The van der Waals surface area contributed by atoms with Crippen molar-refractivity contribution in [3.05, 3.63) is 18.0 Å². The number of fused-ring (bicyclic) bond motifs is 1. The van der Waals surface area contributed by atoms with Gasteiger partial charge in [0, 0.05) is 6.61 Å². The first kappa shape index (κ1) is 16.4. The van der Waals surface area contributed by atoms with Gasteiger partial charge in [0.05, 0.1) is 18.7 Å². The lowest BCUT2D eigenvalue weighted by Crippen LogP contribution is -2.22. The fourth-order valence-electron chi connectivity index (χ4n) is 1.92. The SMILES string of the molecule is COC(=O)c1nn(COCC[Si-](C)(C)C)c2ncc(O)cc12. The first-order chi connectivity index (χ1) is 10.3. The number of esters is 1. The molecule has 0 spiro atoms. The maximum atomic E-state index is 11.8. The Morgan fingerprint density at radius 2 is 2.14 bits per heavy atom. The number of carbonyl (C=O) groups excluding carboxylic acids is 1. The highest BCUT2D eigenvalue weighted by atomic mass is 28.3. The van der Waals surface area contributed by atoms with Crippen LogP contribution in [0.5, 0.6) is 5.75 Å². The number of carbonyl (C=O) groups is 1. The van der Waals surface area contributed by atoms with E-state index in [9.17, 15) is 9.90 Å². The van der Waals surface area contributed by atoms with Crippen molar-refractivity contribution < 1.29 is 19.4 Å². The van der Waals surface area contributed by atoms with Gasteiger partial charge in [0.2, 0.25) is 0 Å². The summed E-state index contributed by atoms with van der Waals surface area (Å²) in [6.45, 7) is 7.68. The van der Waals surface area contributed by atoms with Crippen molar-refractivity contribution in [3.63, 3.8) is 0 Å². The molecule has 8 heteroatoms. The van der Waals surface area contributed by atoms with E-state index < -0.39 is 14.0 Å². The highest BCUT2D eigenvalue weighted by molar-refractivity contribution is 6.76. The Morgan fingerprint density at radius 3 is 2.77 bits per heavy atom. The van der Waals surface area contributed by atoms with Gasteiger partial charge >= 0.3 is 5.97 Å². The molecule has 2 aromatic heterocycles. The Bertz CT molecular complexity index is 679. The highest BCUT2D eigenvalue weighted by Crippen LogP contribution is 2.21. The summed E-state index contributed by atoms with van der Waals surface area (Å²) in [5.41, 5.74) is 0.598. The number of hydrogen-bond acceptors (Lipinski definition) is 6. The summed E-state index contributed by atoms with van der Waals surface area (Å²) in [5, 5.41) is 14.2. The van der Waals surface area contributed by atoms with E-state index in [1.165, 1.54) is 24.1 Å². The molecule has 121 valence electrons. The van der Waals surface area contributed by atoms with Gasteiger partial charge < -0.3 is 14.6 Å². The number of ether oxygens (including phenoxy) is 2. The number of pyridine rings is 1. The number of aromatic hydroxyl groups is 1. The van der Waals surface area contributed by atoms with E-state index in [0.717, 1.165) is 6.04 Å². The van der Waals surface area contributed by atoms with Crippen LogP contribution in [0, 0.1) is 0 Å². The smallest absolute Gasteiger partial charge is 0.359 e. The molecule has 0 saturated heterocycles. The zero-order chi connectivity index (χ0) is 16.3. The molecule has 0 unspecified atom stereocenters. The van der Waals surface area contributed by atoms with Gasteiger partial charge in [0.15, 0.2) is 11.3 Å². The molecule has 0 fully saturated rings. The van der Waals surface area contributed by atoms with E-state index in [1.807, 2.05) is 0 Å². The van der Waals surface area contributed by atoms with Gasteiger partial charge in [-0.3, -0.25) is 0 Å². The molecule has 0 aliphatic carbocycles. The molecule has 0 aromatic carbocycles. The molecular formula is C14H21N3O4Si-. The monoisotopic (exact) mass is 323 g/mol. The first-order valence-corrected chi connectivity index (χ1v) is 10.7. The minimum Gasteiger partial charge on any atom is -0.506 e. The predicted octanol–water partition coefficient (Wildman–Crippen LogP) is 2.24. The summed E-state index contributed by atoms with van der Waals surface area (Å²) < 4.78 is 11.9. The number of rotatable bonds is 6. The third kappa shape index (κ3) is 3.83. The number of hydrogen-bond donors (Lipinski definition) is 1. The van der Waals surface area contributed by atoms with Crippen LogP contribution in [0.2, 0.25) is 25.7 Å². The average molecular weight is 323 g/mol. The van der Waals surface area contributed by atoms with Crippen LogP contribution in [0.4, 0.5) is 0 Å². The minimum absolute atomic E-state index is 0.0307. The van der Waals surface area contributed by atoms with Gasteiger partial charge in [0.1, 0.15) is 12.5 Å². The van der Waals surface area contributed by atoms with Gasteiger partial charge in [-0.15, -0.1) is 14.1 Å². The van der Waals surface area contributed by atoms with E-state index in [4.69, 9.17) is 9.47 Å². The molecule has 0 atom stereocenters. The lowest BCUT2D eigenvalue weighted by Gasteiger charge is -2.26. The van der Waals surface area contributed by atoms with E-state index in [-0.39, 0.29) is 18.2 Å². The summed E-state index contributed by atoms with van der Waals surface area (Å²) in [7, 11) is 0.133. The first-order valence-electron chi connectivity index (χ1n) is 7.03. The molecule has 0 aliphatic heterocycles. The van der Waals surface area contributed by atoms with Crippen molar-refractivity contribution in [2.75, 3.05) is 13.7 Å². The van der Waals surface area contributed by atoms with Gasteiger partial charge in [0.25, 0.3) is 0 Å². The van der Waals surface area contributed by atoms with Crippen LogP contribution in [-0.2, 0) is 16.2 Å². The normalized spacial score (nSPS) is 11.8. The fourth-order valence-corrected chi connectivity index (χ4v) is 2.67. The maximum Gasteiger partial charge on any atom is 0.359 e. The molecule has 0 bridgehead atoms. The quantitative estimate of drug-likeness (QED) is 0.498. The van der Waals surface area contributed by atoms with Crippen LogP contribution in [0.1, 0.15) is 10.5 Å². The van der Waals surface area contributed by atoms with Crippen LogP contribution in [-0.4, -0.2) is 47.6 Å². The van der Waals surface area contributed by atoms with E-state index >= 15 is 0 Å². The lowest BCUT2D eigenvalue weighted by molar-refractivity contribution is 0.0585. The van der Waals surface area contributed by atoms with Crippen LogP contribution in [0.15, 0.2) is 12.3 Å². The van der Waals surface area contributed by atoms with Crippen molar-refractivity contribution in [3.8, 4) is 5.75 Å². The third-order valence-electron chi connectivity index (χ3n) is 3.16. The molecule has 22 heavy (non-hydrogen) atoms. The second-order valence-corrected chi connectivity index (χ2v) is 11.9. The van der Waals surface area contributed by atoms with E-state index in [1.54, 1.807) is 0 Å². The van der Waals surface area contributed by atoms with Crippen molar-refractivity contribution in [1.29, 1.82) is 0 Å². The lowest BCUT2D eigenvalue weighted by atomic mass is 10.2. The molecule has 0 saturated carbocycles. The molecular weight excluding hydrogens is 302 g/mol. The molecule has 0 aliphatic rings. The van der Waals surface area contributed by atoms with Crippen LogP contribution in [0.25, 0.3) is 11.0 Å². The summed E-state index contributed by atoms with van der Waals surface area (Å²) in [6, 6.07) is 2.49. The van der Waals surface area contributed by atoms with Gasteiger partial charge in [-0.1, -0.05) is 0 Å². The van der Waals surface area contributed by atoms with Gasteiger partial charge in [-0.25, -0.2) is 14.5 Å². The van der Waals surface area contributed by atoms with E-state index in [2.05, 4.69) is 29.7 Å². The molecule has 0 radical (unpaired) electrons.